The van der Waals surface area contributed by atoms with Crippen molar-refractivity contribution in [2.75, 3.05) is 0 Å². The van der Waals surface area contributed by atoms with Crippen molar-refractivity contribution in [3.8, 4) is 17.1 Å². The van der Waals surface area contributed by atoms with E-state index in [1.807, 2.05) is 0 Å². The monoisotopic (exact) mass is 298 g/mol. The third-order valence-corrected chi connectivity index (χ3v) is 2.94. The smallest absolute Gasteiger partial charge is 0.264 e. The van der Waals surface area contributed by atoms with E-state index in [-0.39, 0.29) is 23.9 Å². The topological polar surface area (TPSA) is 65.2 Å². The van der Waals surface area contributed by atoms with Gasteiger partial charge in [0.15, 0.2) is 6.61 Å². The molecule has 2 aromatic carbocycles. The van der Waals surface area contributed by atoms with Gasteiger partial charge >= 0.3 is 0 Å². The molecule has 0 radical (unpaired) electrons. The fourth-order valence-corrected chi connectivity index (χ4v) is 1.89. The van der Waals surface area contributed by atoms with Crippen LogP contribution >= 0.6 is 0 Å². The summed E-state index contributed by atoms with van der Waals surface area (Å²) < 4.78 is 24.1. The molecule has 0 aliphatic carbocycles. The molecule has 5 nitrogen and oxygen atoms in total. The lowest BCUT2D eigenvalue weighted by Gasteiger charge is -2.02. The van der Waals surface area contributed by atoms with Gasteiger partial charge in [0.2, 0.25) is 5.82 Å². The first-order chi connectivity index (χ1) is 10.8. The van der Waals surface area contributed by atoms with E-state index in [9.17, 15) is 9.18 Å². The molecule has 1 heterocycles. The third kappa shape index (κ3) is 3.01. The molecular formula is C16H11FN2O3. The first-order valence-corrected chi connectivity index (χ1v) is 6.52. The summed E-state index contributed by atoms with van der Waals surface area (Å²) in [6, 6.07) is 12.9. The van der Waals surface area contributed by atoms with Crippen molar-refractivity contribution in [3.05, 3.63) is 65.8 Å². The summed E-state index contributed by atoms with van der Waals surface area (Å²) >= 11 is 0. The third-order valence-electron chi connectivity index (χ3n) is 2.94. The molecule has 1 aromatic heterocycles. The second kappa shape index (κ2) is 6.17. The van der Waals surface area contributed by atoms with Crippen molar-refractivity contribution >= 4 is 6.29 Å². The molecule has 0 N–H and O–H groups in total. The van der Waals surface area contributed by atoms with Crippen molar-refractivity contribution in [2.45, 2.75) is 6.61 Å². The van der Waals surface area contributed by atoms with E-state index in [0.29, 0.717) is 11.3 Å². The molecule has 0 bridgehead atoms. The Labute approximate surface area is 125 Å². The van der Waals surface area contributed by atoms with Crippen LogP contribution < -0.4 is 4.74 Å². The summed E-state index contributed by atoms with van der Waals surface area (Å²) in [7, 11) is 0. The highest BCUT2D eigenvalue weighted by Gasteiger charge is 2.12. The van der Waals surface area contributed by atoms with Gasteiger partial charge in [0.1, 0.15) is 17.9 Å². The number of hydrogen-bond donors (Lipinski definition) is 0. The Morgan fingerprint density at radius 3 is 2.86 bits per heavy atom. The number of rotatable bonds is 5. The predicted molar refractivity (Wildman–Crippen MR) is 75.9 cm³/mol. The van der Waals surface area contributed by atoms with Gasteiger partial charge in [0.25, 0.3) is 5.89 Å². The number of benzene rings is 2. The van der Waals surface area contributed by atoms with Crippen LogP contribution in [0.25, 0.3) is 11.4 Å². The quantitative estimate of drug-likeness (QED) is 0.676. The van der Waals surface area contributed by atoms with Crippen LogP contribution in [-0.4, -0.2) is 16.4 Å². The summed E-state index contributed by atoms with van der Waals surface area (Å²) in [6.45, 7) is 0.0315. The van der Waals surface area contributed by atoms with Gasteiger partial charge in [0, 0.05) is 5.56 Å². The van der Waals surface area contributed by atoms with Crippen LogP contribution in [0.4, 0.5) is 4.39 Å². The zero-order valence-corrected chi connectivity index (χ0v) is 11.4. The van der Waals surface area contributed by atoms with Crippen molar-refractivity contribution in [1.82, 2.24) is 10.1 Å². The fraction of sp³-hybridized carbons (Fsp3) is 0.0625. The Kier molecular flexibility index (Phi) is 3.91. The minimum Gasteiger partial charge on any atom is -0.484 e. The summed E-state index contributed by atoms with van der Waals surface area (Å²) in [5, 5.41) is 3.73. The summed E-state index contributed by atoms with van der Waals surface area (Å²) in [5.74, 6) is 0.470. The molecule has 0 aliphatic rings. The Morgan fingerprint density at radius 2 is 2.05 bits per heavy atom. The highest BCUT2D eigenvalue weighted by molar-refractivity contribution is 5.75. The van der Waals surface area contributed by atoms with Gasteiger partial charge in [0.05, 0.1) is 5.56 Å². The van der Waals surface area contributed by atoms with E-state index in [2.05, 4.69) is 10.1 Å². The highest BCUT2D eigenvalue weighted by atomic mass is 19.1. The number of aromatic nitrogens is 2. The maximum absolute atomic E-state index is 13.6. The van der Waals surface area contributed by atoms with Crippen molar-refractivity contribution in [1.29, 1.82) is 0 Å². The number of carbonyl (C=O) groups excluding carboxylic acids is 1. The van der Waals surface area contributed by atoms with Gasteiger partial charge in [-0.05, 0) is 24.3 Å². The van der Waals surface area contributed by atoms with Crippen LogP contribution in [0.2, 0.25) is 0 Å². The summed E-state index contributed by atoms with van der Waals surface area (Å²) in [4.78, 5) is 14.8. The van der Waals surface area contributed by atoms with Crippen LogP contribution in [-0.2, 0) is 6.61 Å². The van der Waals surface area contributed by atoms with E-state index >= 15 is 0 Å². The molecule has 0 atom stereocenters. The molecular weight excluding hydrogens is 287 g/mol. The Balaban J connectivity index is 1.72. The maximum Gasteiger partial charge on any atom is 0.264 e. The maximum atomic E-state index is 13.6. The molecule has 0 saturated carbocycles. The summed E-state index contributed by atoms with van der Waals surface area (Å²) in [5.41, 5.74) is 0.774. The Morgan fingerprint density at radius 1 is 1.18 bits per heavy atom. The minimum absolute atomic E-state index is 0.0315. The molecule has 3 aromatic rings. The second-order valence-corrected chi connectivity index (χ2v) is 4.47. The minimum atomic E-state index is -0.422. The van der Waals surface area contributed by atoms with Crippen molar-refractivity contribution < 1.29 is 18.4 Å². The average Bonchev–Trinajstić information content (AvgIpc) is 3.02. The number of hydrogen-bond acceptors (Lipinski definition) is 5. The Bertz CT molecular complexity index is 801. The number of halogens is 1. The molecule has 0 aliphatic heterocycles. The normalized spacial score (nSPS) is 10.4. The van der Waals surface area contributed by atoms with Gasteiger partial charge in [-0.1, -0.05) is 29.4 Å². The number of nitrogens with zero attached hydrogens (tertiary/aromatic N) is 2. The fourth-order valence-electron chi connectivity index (χ4n) is 1.89. The first-order valence-electron chi connectivity index (χ1n) is 6.52. The van der Waals surface area contributed by atoms with E-state index in [0.717, 1.165) is 6.29 Å². The lowest BCUT2D eigenvalue weighted by Crippen LogP contribution is -1.96. The number of carbonyl (C=O) groups is 1. The largest absolute Gasteiger partial charge is 0.484 e. The number of ether oxygens (including phenoxy) is 1. The van der Waals surface area contributed by atoms with E-state index in [1.54, 1.807) is 42.5 Å². The Hall–Kier alpha value is -3.02. The number of aldehydes is 1. The van der Waals surface area contributed by atoms with Crippen molar-refractivity contribution in [2.24, 2.45) is 0 Å². The van der Waals surface area contributed by atoms with Crippen LogP contribution in [0, 0.1) is 5.82 Å². The van der Waals surface area contributed by atoms with Gasteiger partial charge in [-0.25, -0.2) is 4.39 Å². The van der Waals surface area contributed by atoms with Gasteiger partial charge in [-0.3, -0.25) is 4.79 Å². The zero-order valence-electron chi connectivity index (χ0n) is 11.4. The predicted octanol–water partition coefficient (Wildman–Crippen LogP) is 3.27. The van der Waals surface area contributed by atoms with E-state index < -0.39 is 5.82 Å². The lowest BCUT2D eigenvalue weighted by molar-refractivity contribution is 0.112. The SMILES string of the molecule is O=Cc1cccc(OCc2nc(-c3ccccc3F)no2)c1. The zero-order chi connectivity index (χ0) is 15.4. The standard InChI is InChI=1S/C16H11FN2O3/c17-14-7-2-1-6-13(14)16-18-15(22-19-16)10-21-12-5-3-4-11(8-12)9-20/h1-9H,10H2. The molecule has 3 rings (SSSR count). The molecule has 6 heteroatoms. The molecule has 110 valence electrons. The molecule has 22 heavy (non-hydrogen) atoms. The van der Waals surface area contributed by atoms with Gasteiger partial charge in [-0.15, -0.1) is 0 Å². The highest BCUT2D eigenvalue weighted by Crippen LogP contribution is 2.20. The molecule has 0 spiro atoms. The summed E-state index contributed by atoms with van der Waals surface area (Å²) in [6.07, 6.45) is 0.732. The lowest BCUT2D eigenvalue weighted by atomic mass is 10.2. The second-order valence-electron chi connectivity index (χ2n) is 4.47. The first kappa shape index (κ1) is 13.9. The molecule has 0 unspecified atom stereocenters. The average molecular weight is 298 g/mol. The van der Waals surface area contributed by atoms with E-state index in [4.69, 9.17) is 9.26 Å². The molecule has 0 fully saturated rings. The van der Waals surface area contributed by atoms with Crippen LogP contribution in [0.1, 0.15) is 16.2 Å². The molecule has 0 amide bonds. The van der Waals surface area contributed by atoms with Gasteiger partial charge in [-0.2, -0.15) is 4.98 Å². The van der Waals surface area contributed by atoms with Crippen molar-refractivity contribution in [3.63, 3.8) is 0 Å². The van der Waals surface area contributed by atoms with Crippen LogP contribution in [0.15, 0.2) is 53.1 Å². The van der Waals surface area contributed by atoms with Crippen LogP contribution in [0.3, 0.4) is 0 Å². The van der Waals surface area contributed by atoms with Gasteiger partial charge < -0.3 is 9.26 Å². The molecule has 0 saturated heterocycles. The van der Waals surface area contributed by atoms with E-state index in [1.165, 1.54) is 6.07 Å². The van der Waals surface area contributed by atoms with Crippen LogP contribution in [0.5, 0.6) is 5.75 Å².